The summed E-state index contributed by atoms with van der Waals surface area (Å²) in [6.07, 6.45) is -4.76. The van der Waals surface area contributed by atoms with Gasteiger partial charge in [-0.1, -0.05) is 57.2 Å². The third-order valence-corrected chi connectivity index (χ3v) is 5.51. The molecule has 8 heteroatoms. The molecule has 0 radical (unpaired) electrons. The van der Waals surface area contributed by atoms with Crippen LogP contribution in [0.25, 0.3) is 39.4 Å². The van der Waals surface area contributed by atoms with Crippen LogP contribution in [-0.2, 0) is 5.41 Å². The molecular weight excluding hydrogens is 441 g/mol. The summed E-state index contributed by atoms with van der Waals surface area (Å²) in [6.45, 7) is 6.42. The number of ether oxygens (including phenoxy) is 1. The lowest BCUT2D eigenvalue weighted by molar-refractivity contribution is -0.274. The van der Waals surface area contributed by atoms with Gasteiger partial charge in [-0.25, -0.2) is 15.0 Å². The summed E-state index contributed by atoms with van der Waals surface area (Å²) in [5, 5.41) is 0. The smallest absolute Gasteiger partial charge is 0.406 e. The molecule has 0 unspecified atom stereocenters. The van der Waals surface area contributed by atoms with Crippen molar-refractivity contribution in [1.29, 1.82) is 0 Å². The zero-order chi connectivity index (χ0) is 24.1. The number of para-hydroxylation sites is 2. The summed E-state index contributed by atoms with van der Waals surface area (Å²) in [5.41, 5.74) is 4.97. The molecule has 0 aliphatic carbocycles. The molecule has 0 spiro atoms. The van der Waals surface area contributed by atoms with Crippen molar-refractivity contribution in [2.45, 2.75) is 32.5 Å². The summed E-state index contributed by atoms with van der Waals surface area (Å²) in [6, 6.07) is 21.2. The van der Waals surface area contributed by atoms with Gasteiger partial charge in [-0.15, -0.1) is 13.2 Å². The predicted molar refractivity (Wildman–Crippen MR) is 125 cm³/mol. The van der Waals surface area contributed by atoms with Crippen molar-refractivity contribution in [3.8, 4) is 22.8 Å². The molecule has 0 atom stereocenters. The molecule has 5 aromatic rings. The standard InChI is InChI=1S/C26H21F3N4O/c1-25(2,3)17-10-8-16(9-11-17)23-32-22-24(31-21-7-5-4-6-20(21)30-22)33(23)18-12-14-19(15-13-18)34-26(27,28)29/h4-15H,1-3H3. The van der Waals surface area contributed by atoms with Crippen molar-refractivity contribution in [2.24, 2.45) is 0 Å². The van der Waals surface area contributed by atoms with Crippen LogP contribution >= 0.6 is 0 Å². The van der Waals surface area contributed by atoms with Crippen molar-refractivity contribution in [2.75, 3.05) is 0 Å². The Morgan fingerprint density at radius 3 is 1.94 bits per heavy atom. The van der Waals surface area contributed by atoms with Crippen LogP contribution in [0.5, 0.6) is 5.75 Å². The van der Waals surface area contributed by atoms with E-state index in [2.05, 4.69) is 42.6 Å². The molecule has 0 aliphatic rings. The van der Waals surface area contributed by atoms with E-state index in [1.165, 1.54) is 17.7 Å². The zero-order valence-corrected chi connectivity index (χ0v) is 18.8. The SMILES string of the molecule is CC(C)(C)c1ccc(-c2nc3nc4ccccc4nc3n2-c2ccc(OC(F)(F)F)cc2)cc1. The van der Waals surface area contributed by atoms with E-state index >= 15 is 0 Å². The van der Waals surface area contributed by atoms with Gasteiger partial charge in [0.05, 0.1) is 11.0 Å². The van der Waals surface area contributed by atoms with Crippen LogP contribution in [0.4, 0.5) is 13.2 Å². The topological polar surface area (TPSA) is 52.8 Å². The molecular formula is C26H21F3N4O. The maximum Gasteiger partial charge on any atom is 0.573 e. The van der Waals surface area contributed by atoms with Crippen molar-refractivity contribution in [3.63, 3.8) is 0 Å². The van der Waals surface area contributed by atoms with Gasteiger partial charge in [0.15, 0.2) is 11.3 Å². The first-order valence-electron chi connectivity index (χ1n) is 10.7. The lowest BCUT2D eigenvalue weighted by atomic mass is 9.87. The highest BCUT2D eigenvalue weighted by molar-refractivity contribution is 5.86. The van der Waals surface area contributed by atoms with E-state index in [9.17, 15) is 13.2 Å². The van der Waals surface area contributed by atoms with Crippen LogP contribution in [0.1, 0.15) is 26.3 Å². The van der Waals surface area contributed by atoms with E-state index in [-0.39, 0.29) is 11.2 Å². The second kappa shape index (κ2) is 7.83. The van der Waals surface area contributed by atoms with Crippen LogP contribution in [0, 0.1) is 0 Å². The first-order chi connectivity index (χ1) is 16.1. The van der Waals surface area contributed by atoms with E-state index in [1.807, 2.05) is 36.4 Å². The molecule has 2 heterocycles. The van der Waals surface area contributed by atoms with Gasteiger partial charge in [0.1, 0.15) is 11.6 Å². The third kappa shape index (κ3) is 4.19. The summed E-state index contributed by atoms with van der Waals surface area (Å²) in [7, 11) is 0. The minimum atomic E-state index is -4.76. The zero-order valence-electron chi connectivity index (χ0n) is 18.8. The van der Waals surface area contributed by atoms with Gasteiger partial charge in [-0.2, -0.15) is 0 Å². The number of hydrogen-bond donors (Lipinski definition) is 0. The molecule has 0 bridgehead atoms. The number of nitrogens with zero attached hydrogens (tertiary/aromatic N) is 4. The highest BCUT2D eigenvalue weighted by atomic mass is 19.4. The fourth-order valence-corrected chi connectivity index (χ4v) is 3.81. The molecule has 2 aromatic heterocycles. The molecule has 172 valence electrons. The summed E-state index contributed by atoms with van der Waals surface area (Å²) >= 11 is 0. The largest absolute Gasteiger partial charge is 0.573 e. The molecule has 5 rings (SSSR count). The van der Waals surface area contributed by atoms with Gasteiger partial charge in [-0.3, -0.25) is 4.57 Å². The molecule has 0 amide bonds. The number of fused-ring (bicyclic) bond motifs is 2. The van der Waals surface area contributed by atoms with E-state index < -0.39 is 6.36 Å². The van der Waals surface area contributed by atoms with E-state index in [0.717, 1.165) is 5.56 Å². The Morgan fingerprint density at radius 2 is 1.35 bits per heavy atom. The molecule has 0 fully saturated rings. The van der Waals surface area contributed by atoms with Crippen molar-refractivity contribution < 1.29 is 17.9 Å². The number of halogens is 3. The molecule has 0 aliphatic heterocycles. The second-order valence-corrected chi connectivity index (χ2v) is 9.00. The highest BCUT2D eigenvalue weighted by Crippen LogP contribution is 2.31. The maximum absolute atomic E-state index is 12.6. The van der Waals surface area contributed by atoms with Gasteiger partial charge in [0.2, 0.25) is 0 Å². The van der Waals surface area contributed by atoms with Crippen LogP contribution < -0.4 is 4.74 Å². The summed E-state index contributed by atoms with van der Waals surface area (Å²) in [4.78, 5) is 14.2. The third-order valence-electron chi connectivity index (χ3n) is 5.51. The van der Waals surface area contributed by atoms with Gasteiger partial charge >= 0.3 is 6.36 Å². The first kappa shape index (κ1) is 21.9. The fourth-order valence-electron chi connectivity index (χ4n) is 3.81. The van der Waals surface area contributed by atoms with Crippen molar-refractivity contribution >= 4 is 22.3 Å². The second-order valence-electron chi connectivity index (χ2n) is 9.00. The molecule has 5 nitrogen and oxygen atoms in total. The fraction of sp³-hybridized carbons (Fsp3) is 0.192. The quantitative estimate of drug-likeness (QED) is 0.295. The Kier molecular flexibility index (Phi) is 5.04. The monoisotopic (exact) mass is 462 g/mol. The van der Waals surface area contributed by atoms with Crippen LogP contribution in [-0.4, -0.2) is 25.9 Å². The first-order valence-corrected chi connectivity index (χ1v) is 10.7. The normalized spacial score (nSPS) is 12.4. The van der Waals surface area contributed by atoms with E-state index in [0.29, 0.717) is 33.8 Å². The number of rotatable bonds is 3. The molecule has 0 saturated carbocycles. The number of benzene rings is 3. The Balaban J connectivity index is 1.70. The summed E-state index contributed by atoms with van der Waals surface area (Å²) in [5.74, 6) is 0.295. The van der Waals surface area contributed by atoms with Crippen molar-refractivity contribution in [3.05, 3.63) is 78.4 Å². The Hall–Kier alpha value is -3.94. The Morgan fingerprint density at radius 1 is 0.735 bits per heavy atom. The van der Waals surface area contributed by atoms with Crippen LogP contribution in [0.3, 0.4) is 0 Å². The minimum absolute atomic E-state index is 0.00614. The molecule has 3 aromatic carbocycles. The van der Waals surface area contributed by atoms with Gasteiger partial charge in [0.25, 0.3) is 0 Å². The molecule has 0 saturated heterocycles. The molecule has 0 N–H and O–H groups in total. The Labute approximate surface area is 193 Å². The Bertz CT molecular complexity index is 1480. The highest BCUT2D eigenvalue weighted by Gasteiger charge is 2.31. The average Bonchev–Trinajstić information content (AvgIpc) is 3.15. The van der Waals surface area contributed by atoms with Crippen molar-refractivity contribution in [1.82, 2.24) is 19.5 Å². The van der Waals surface area contributed by atoms with E-state index in [4.69, 9.17) is 9.97 Å². The lowest BCUT2D eigenvalue weighted by Crippen LogP contribution is -2.17. The number of imidazole rings is 1. The minimum Gasteiger partial charge on any atom is -0.406 e. The number of hydrogen-bond acceptors (Lipinski definition) is 4. The van der Waals surface area contributed by atoms with Gasteiger partial charge in [0, 0.05) is 11.3 Å². The van der Waals surface area contributed by atoms with Crippen LogP contribution in [0.2, 0.25) is 0 Å². The average molecular weight is 462 g/mol. The predicted octanol–water partition coefficient (Wildman–Crippen LogP) is 6.83. The maximum atomic E-state index is 12.6. The van der Waals surface area contributed by atoms with Gasteiger partial charge in [-0.05, 0) is 47.4 Å². The lowest BCUT2D eigenvalue weighted by Gasteiger charge is -2.19. The number of alkyl halides is 3. The van der Waals surface area contributed by atoms with Gasteiger partial charge < -0.3 is 4.74 Å². The number of aromatic nitrogens is 4. The van der Waals surface area contributed by atoms with E-state index in [1.54, 1.807) is 16.7 Å². The molecule has 34 heavy (non-hydrogen) atoms. The summed E-state index contributed by atoms with van der Waals surface area (Å²) < 4.78 is 43.7. The van der Waals surface area contributed by atoms with Crippen LogP contribution in [0.15, 0.2) is 72.8 Å².